The highest BCUT2D eigenvalue weighted by molar-refractivity contribution is 9.10. The van der Waals surface area contributed by atoms with E-state index in [2.05, 4.69) is 45.4 Å². The van der Waals surface area contributed by atoms with E-state index in [4.69, 9.17) is 0 Å². The number of halogens is 2. The van der Waals surface area contributed by atoms with Gasteiger partial charge in [-0.15, -0.1) is 0 Å². The molecule has 0 spiro atoms. The summed E-state index contributed by atoms with van der Waals surface area (Å²) in [7, 11) is 1.72. The van der Waals surface area contributed by atoms with Crippen LogP contribution in [0.2, 0.25) is 0 Å². The second-order valence-electron chi connectivity index (χ2n) is 4.44. The van der Waals surface area contributed by atoms with E-state index in [1.54, 1.807) is 13.1 Å². The highest BCUT2D eigenvalue weighted by Crippen LogP contribution is 2.17. The molecule has 1 rings (SSSR count). The first-order valence-corrected chi connectivity index (χ1v) is 6.70. The molecule has 0 aromatic heterocycles. The first kappa shape index (κ1) is 15.0. The van der Waals surface area contributed by atoms with Crippen LogP contribution in [0, 0.1) is 11.7 Å². The van der Waals surface area contributed by atoms with E-state index < -0.39 is 0 Å². The third-order valence-electron chi connectivity index (χ3n) is 2.36. The fourth-order valence-electron chi connectivity index (χ4n) is 1.38. The Kier molecular flexibility index (Phi) is 6.12. The molecule has 0 saturated carbocycles. The molecule has 0 radical (unpaired) electrons. The molecule has 5 heteroatoms. The maximum Gasteiger partial charge on any atom is 0.191 e. The summed E-state index contributed by atoms with van der Waals surface area (Å²) in [5, 5.41) is 6.35. The Labute approximate surface area is 116 Å². The molecule has 0 unspecified atom stereocenters. The van der Waals surface area contributed by atoms with E-state index in [9.17, 15) is 4.39 Å². The predicted molar refractivity (Wildman–Crippen MR) is 77.1 cm³/mol. The molecule has 0 fully saturated rings. The monoisotopic (exact) mass is 315 g/mol. The molecule has 1 aromatic rings. The summed E-state index contributed by atoms with van der Waals surface area (Å²) in [6.45, 7) is 5.63. The normalized spacial score (nSPS) is 11.8. The maximum atomic E-state index is 13.1. The summed E-state index contributed by atoms with van der Waals surface area (Å²) in [5.74, 6) is 1.03. The summed E-state index contributed by atoms with van der Waals surface area (Å²) < 4.78 is 14.0. The molecule has 2 N–H and O–H groups in total. The summed E-state index contributed by atoms with van der Waals surface area (Å²) in [5.41, 5.74) is 0.863. The molecule has 0 amide bonds. The average molecular weight is 316 g/mol. The van der Waals surface area contributed by atoms with Crippen molar-refractivity contribution in [3.05, 3.63) is 34.1 Å². The Morgan fingerprint density at radius 3 is 2.72 bits per heavy atom. The fraction of sp³-hybridized carbons (Fsp3) is 0.462. The van der Waals surface area contributed by atoms with Gasteiger partial charge in [0.1, 0.15) is 5.82 Å². The lowest BCUT2D eigenvalue weighted by Crippen LogP contribution is -2.38. The smallest absolute Gasteiger partial charge is 0.191 e. The predicted octanol–water partition coefficient (Wildman–Crippen LogP) is 2.91. The van der Waals surface area contributed by atoms with Crippen LogP contribution < -0.4 is 10.6 Å². The van der Waals surface area contributed by atoms with Crippen LogP contribution in [-0.4, -0.2) is 19.6 Å². The number of benzene rings is 1. The third-order valence-corrected chi connectivity index (χ3v) is 3.13. The molecule has 3 nitrogen and oxygen atoms in total. The zero-order chi connectivity index (χ0) is 13.5. The zero-order valence-corrected chi connectivity index (χ0v) is 12.5. The van der Waals surface area contributed by atoms with E-state index in [0.717, 1.165) is 22.5 Å². The Bertz CT molecular complexity index is 419. The highest BCUT2D eigenvalue weighted by atomic mass is 79.9. The van der Waals surface area contributed by atoms with Crippen molar-refractivity contribution in [2.24, 2.45) is 10.9 Å². The van der Waals surface area contributed by atoms with E-state index >= 15 is 0 Å². The minimum atomic E-state index is -0.236. The van der Waals surface area contributed by atoms with Gasteiger partial charge in [-0.3, -0.25) is 4.99 Å². The second-order valence-corrected chi connectivity index (χ2v) is 5.29. The molecule has 0 aliphatic rings. The lowest BCUT2D eigenvalue weighted by atomic mass is 10.2. The van der Waals surface area contributed by atoms with E-state index in [1.165, 1.54) is 12.1 Å². The largest absolute Gasteiger partial charge is 0.356 e. The van der Waals surface area contributed by atoms with Crippen molar-refractivity contribution in [2.45, 2.75) is 20.4 Å². The van der Waals surface area contributed by atoms with Crippen molar-refractivity contribution in [3.63, 3.8) is 0 Å². The molecule has 0 atom stereocenters. The lowest BCUT2D eigenvalue weighted by Gasteiger charge is -2.14. The first-order valence-electron chi connectivity index (χ1n) is 5.91. The summed E-state index contributed by atoms with van der Waals surface area (Å²) in [6, 6.07) is 4.64. The number of guanidine groups is 1. The van der Waals surface area contributed by atoms with Crippen molar-refractivity contribution < 1.29 is 4.39 Å². The fourth-order valence-corrected chi connectivity index (χ4v) is 1.77. The SMILES string of the molecule is CN=C(NCc1cc(F)ccc1Br)NCC(C)C. The topological polar surface area (TPSA) is 36.4 Å². The molecule has 0 aliphatic carbocycles. The Morgan fingerprint density at radius 1 is 1.39 bits per heavy atom. The Balaban J connectivity index is 2.55. The molecule has 100 valence electrons. The lowest BCUT2D eigenvalue weighted by molar-refractivity contribution is 0.612. The van der Waals surface area contributed by atoms with Crippen LogP contribution in [0.3, 0.4) is 0 Å². The van der Waals surface area contributed by atoms with Gasteiger partial charge in [0.15, 0.2) is 5.96 Å². The van der Waals surface area contributed by atoms with Gasteiger partial charge in [-0.1, -0.05) is 29.8 Å². The number of hydrogen-bond donors (Lipinski definition) is 2. The highest BCUT2D eigenvalue weighted by Gasteiger charge is 2.04. The molecule has 0 heterocycles. The Hall–Kier alpha value is -1.10. The molecule has 0 bridgehead atoms. The molecule has 1 aromatic carbocycles. The minimum Gasteiger partial charge on any atom is -0.356 e. The van der Waals surface area contributed by atoms with Gasteiger partial charge in [-0.25, -0.2) is 4.39 Å². The van der Waals surface area contributed by atoms with E-state index in [0.29, 0.717) is 12.5 Å². The van der Waals surface area contributed by atoms with Crippen LogP contribution in [0.1, 0.15) is 19.4 Å². The van der Waals surface area contributed by atoms with Crippen molar-refractivity contribution in [1.82, 2.24) is 10.6 Å². The van der Waals surface area contributed by atoms with Crippen LogP contribution in [0.4, 0.5) is 4.39 Å². The van der Waals surface area contributed by atoms with Crippen LogP contribution >= 0.6 is 15.9 Å². The second kappa shape index (κ2) is 7.36. The van der Waals surface area contributed by atoms with Crippen LogP contribution in [0.5, 0.6) is 0 Å². The van der Waals surface area contributed by atoms with Gasteiger partial charge >= 0.3 is 0 Å². The van der Waals surface area contributed by atoms with Gasteiger partial charge in [0.25, 0.3) is 0 Å². The van der Waals surface area contributed by atoms with Crippen molar-refractivity contribution >= 4 is 21.9 Å². The number of nitrogens with zero attached hydrogens (tertiary/aromatic N) is 1. The summed E-state index contributed by atoms with van der Waals surface area (Å²) in [6.07, 6.45) is 0. The summed E-state index contributed by atoms with van der Waals surface area (Å²) in [4.78, 5) is 4.11. The van der Waals surface area contributed by atoms with Crippen molar-refractivity contribution in [3.8, 4) is 0 Å². The van der Waals surface area contributed by atoms with Gasteiger partial charge in [-0.05, 0) is 29.7 Å². The maximum absolute atomic E-state index is 13.1. The van der Waals surface area contributed by atoms with Gasteiger partial charge < -0.3 is 10.6 Å². The minimum absolute atomic E-state index is 0.236. The van der Waals surface area contributed by atoms with Gasteiger partial charge in [0, 0.05) is 24.6 Å². The number of hydrogen-bond acceptors (Lipinski definition) is 1. The zero-order valence-electron chi connectivity index (χ0n) is 10.9. The molecule has 0 saturated heterocycles. The quantitative estimate of drug-likeness (QED) is 0.662. The number of rotatable bonds is 4. The van der Waals surface area contributed by atoms with Crippen molar-refractivity contribution in [1.29, 1.82) is 0 Å². The van der Waals surface area contributed by atoms with Crippen molar-refractivity contribution in [2.75, 3.05) is 13.6 Å². The van der Waals surface area contributed by atoms with Gasteiger partial charge in [0.2, 0.25) is 0 Å². The van der Waals surface area contributed by atoms with E-state index in [-0.39, 0.29) is 5.82 Å². The molecular formula is C13H19BrFN3. The molecule has 0 aliphatic heterocycles. The first-order chi connectivity index (χ1) is 8.52. The van der Waals surface area contributed by atoms with Crippen LogP contribution in [-0.2, 0) is 6.54 Å². The average Bonchev–Trinajstić information content (AvgIpc) is 2.33. The van der Waals surface area contributed by atoms with Gasteiger partial charge in [0.05, 0.1) is 0 Å². The van der Waals surface area contributed by atoms with Crippen LogP contribution in [0.25, 0.3) is 0 Å². The molecular weight excluding hydrogens is 297 g/mol. The standard InChI is InChI=1S/C13H19BrFN3/c1-9(2)7-17-13(16-3)18-8-10-6-11(15)4-5-12(10)14/h4-6,9H,7-8H2,1-3H3,(H2,16,17,18). The Morgan fingerprint density at radius 2 is 2.11 bits per heavy atom. The third kappa shape index (κ3) is 5.04. The van der Waals surface area contributed by atoms with Crippen LogP contribution in [0.15, 0.2) is 27.7 Å². The molecule has 18 heavy (non-hydrogen) atoms. The summed E-state index contributed by atoms with van der Waals surface area (Å²) >= 11 is 3.40. The van der Waals surface area contributed by atoms with Gasteiger partial charge in [-0.2, -0.15) is 0 Å². The number of nitrogens with one attached hydrogen (secondary N) is 2. The van der Waals surface area contributed by atoms with E-state index in [1.807, 2.05) is 0 Å². The number of aliphatic imine (C=N–C) groups is 1.